The van der Waals surface area contributed by atoms with E-state index in [4.69, 9.17) is 0 Å². The van der Waals surface area contributed by atoms with Crippen LogP contribution in [0, 0.1) is 17.3 Å². The smallest absolute Gasteiger partial charge is 0.0580 e. The van der Waals surface area contributed by atoms with Crippen LogP contribution in [0.1, 0.15) is 47.0 Å². The second-order valence-corrected chi connectivity index (χ2v) is 7.94. The molecule has 2 rings (SSSR count). The molecule has 118 valence electrons. The van der Waals surface area contributed by atoms with E-state index in [0.29, 0.717) is 11.3 Å². The van der Waals surface area contributed by atoms with Gasteiger partial charge in [0, 0.05) is 32.7 Å². The van der Waals surface area contributed by atoms with Crippen LogP contribution in [-0.2, 0) is 0 Å². The van der Waals surface area contributed by atoms with Gasteiger partial charge < -0.3 is 14.9 Å². The molecular formula is C17H34N2O. The maximum Gasteiger partial charge on any atom is 0.0580 e. The Labute approximate surface area is 125 Å². The van der Waals surface area contributed by atoms with Crippen LogP contribution in [0.25, 0.3) is 0 Å². The van der Waals surface area contributed by atoms with Crippen molar-refractivity contribution in [2.24, 2.45) is 17.3 Å². The van der Waals surface area contributed by atoms with Gasteiger partial charge in [0.15, 0.2) is 0 Å². The minimum Gasteiger partial charge on any atom is -0.393 e. The normalized spacial score (nSPS) is 34.4. The molecule has 3 unspecified atom stereocenters. The number of hydrogen-bond acceptors (Lipinski definition) is 3. The number of aliphatic hydroxyl groups is 1. The molecule has 1 saturated carbocycles. The number of piperazine rings is 1. The highest BCUT2D eigenvalue weighted by molar-refractivity contribution is 4.87. The van der Waals surface area contributed by atoms with E-state index in [2.05, 4.69) is 37.5 Å². The number of nitrogens with zero attached hydrogens (tertiary/aromatic N) is 2. The van der Waals surface area contributed by atoms with Gasteiger partial charge in [-0.05, 0) is 43.1 Å². The molecule has 1 heterocycles. The predicted octanol–water partition coefficient (Wildman–Crippen LogP) is 2.45. The lowest BCUT2D eigenvalue weighted by Crippen LogP contribution is -2.49. The molecule has 1 N–H and O–H groups in total. The highest BCUT2D eigenvalue weighted by atomic mass is 16.3. The molecule has 1 aliphatic carbocycles. The molecule has 20 heavy (non-hydrogen) atoms. The zero-order chi connectivity index (χ0) is 14.8. The van der Waals surface area contributed by atoms with Crippen molar-refractivity contribution in [3.05, 3.63) is 0 Å². The maximum absolute atomic E-state index is 10.3. The highest BCUT2D eigenvalue weighted by Crippen LogP contribution is 2.40. The van der Waals surface area contributed by atoms with Crippen molar-refractivity contribution < 1.29 is 5.11 Å². The molecule has 2 fully saturated rings. The summed E-state index contributed by atoms with van der Waals surface area (Å²) < 4.78 is 0. The Morgan fingerprint density at radius 2 is 1.60 bits per heavy atom. The van der Waals surface area contributed by atoms with Crippen LogP contribution >= 0.6 is 0 Å². The van der Waals surface area contributed by atoms with Gasteiger partial charge in [0.1, 0.15) is 0 Å². The average molecular weight is 282 g/mol. The fourth-order valence-corrected chi connectivity index (χ4v) is 3.85. The summed E-state index contributed by atoms with van der Waals surface area (Å²) in [5.41, 5.74) is 0.388. The summed E-state index contributed by atoms with van der Waals surface area (Å²) in [4.78, 5) is 5.09. The van der Waals surface area contributed by atoms with Gasteiger partial charge in [-0.25, -0.2) is 0 Å². The largest absolute Gasteiger partial charge is 0.393 e. The molecule has 3 atom stereocenters. The van der Waals surface area contributed by atoms with Crippen molar-refractivity contribution in [3.8, 4) is 0 Å². The average Bonchev–Trinajstić information content (AvgIpc) is 2.41. The summed E-state index contributed by atoms with van der Waals surface area (Å²) >= 11 is 0. The summed E-state index contributed by atoms with van der Waals surface area (Å²) in [5, 5.41) is 10.3. The zero-order valence-electron chi connectivity index (χ0n) is 13.9. The van der Waals surface area contributed by atoms with E-state index in [1.807, 2.05) is 0 Å². The Balaban J connectivity index is 1.84. The van der Waals surface area contributed by atoms with Crippen LogP contribution in [0.2, 0.25) is 0 Å². The molecule has 0 amide bonds. The molecule has 3 heteroatoms. The quantitative estimate of drug-likeness (QED) is 0.861. The van der Waals surface area contributed by atoms with Gasteiger partial charge >= 0.3 is 0 Å². The van der Waals surface area contributed by atoms with Crippen molar-refractivity contribution in [1.82, 2.24) is 9.80 Å². The molecule has 2 aliphatic rings. The Morgan fingerprint density at radius 3 is 2.15 bits per heavy atom. The second-order valence-electron chi connectivity index (χ2n) is 7.94. The Kier molecular flexibility index (Phi) is 5.49. The maximum atomic E-state index is 10.3. The highest BCUT2D eigenvalue weighted by Gasteiger charge is 2.36. The third-order valence-electron chi connectivity index (χ3n) is 5.57. The van der Waals surface area contributed by atoms with Gasteiger partial charge in [0.05, 0.1) is 6.10 Å². The number of likely N-dealkylation sites (N-methyl/N-ethyl adjacent to an activating group) is 1. The van der Waals surface area contributed by atoms with Gasteiger partial charge in [0.2, 0.25) is 0 Å². The standard InChI is InChI=1S/C17H34N2O/c1-5-18-8-10-19(11-9-18)13-14-12-15(17(2,3)4)6-7-16(14)20/h14-16,20H,5-13H2,1-4H3. The van der Waals surface area contributed by atoms with Gasteiger partial charge in [-0.2, -0.15) is 0 Å². The minimum atomic E-state index is -0.0715. The van der Waals surface area contributed by atoms with E-state index < -0.39 is 0 Å². The fraction of sp³-hybridized carbons (Fsp3) is 1.00. The first-order valence-corrected chi connectivity index (χ1v) is 8.53. The third-order valence-corrected chi connectivity index (χ3v) is 5.57. The zero-order valence-corrected chi connectivity index (χ0v) is 13.9. The molecular weight excluding hydrogens is 248 g/mol. The van der Waals surface area contributed by atoms with Crippen LogP contribution in [0.3, 0.4) is 0 Å². The SMILES string of the molecule is CCN1CCN(CC2CC(C(C)(C)C)CCC2O)CC1. The molecule has 0 spiro atoms. The molecule has 0 radical (unpaired) electrons. The van der Waals surface area contributed by atoms with Crippen molar-refractivity contribution in [1.29, 1.82) is 0 Å². The Bertz CT molecular complexity index is 292. The molecule has 0 aromatic heterocycles. The van der Waals surface area contributed by atoms with Gasteiger partial charge in [0.25, 0.3) is 0 Å². The van der Waals surface area contributed by atoms with E-state index >= 15 is 0 Å². The lowest BCUT2D eigenvalue weighted by molar-refractivity contribution is -0.00360. The third kappa shape index (κ3) is 4.19. The topological polar surface area (TPSA) is 26.7 Å². The summed E-state index contributed by atoms with van der Waals surface area (Å²) in [7, 11) is 0. The second kappa shape index (κ2) is 6.76. The molecule has 0 aromatic carbocycles. The fourth-order valence-electron chi connectivity index (χ4n) is 3.85. The lowest BCUT2D eigenvalue weighted by Gasteiger charge is -2.43. The van der Waals surface area contributed by atoms with E-state index in [1.165, 1.54) is 45.6 Å². The molecule has 1 aliphatic heterocycles. The van der Waals surface area contributed by atoms with Crippen LogP contribution in [0.15, 0.2) is 0 Å². The van der Waals surface area contributed by atoms with Gasteiger partial charge in [-0.3, -0.25) is 0 Å². The lowest BCUT2D eigenvalue weighted by atomic mass is 9.68. The number of rotatable bonds is 3. The number of hydrogen-bond donors (Lipinski definition) is 1. The van der Waals surface area contributed by atoms with E-state index in [-0.39, 0.29) is 6.10 Å². The number of aliphatic hydroxyl groups excluding tert-OH is 1. The van der Waals surface area contributed by atoms with Crippen molar-refractivity contribution in [2.75, 3.05) is 39.3 Å². The molecule has 0 bridgehead atoms. The van der Waals surface area contributed by atoms with Crippen LogP contribution in [-0.4, -0.2) is 60.3 Å². The first kappa shape index (κ1) is 16.3. The van der Waals surface area contributed by atoms with Crippen LogP contribution in [0.4, 0.5) is 0 Å². The summed E-state index contributed by atoms with van der Waals surface area (Å²) in [6.07, 6.45) is 3.34. The predicted molar refractivity (Wildman–Crippen MR) is 84.8 cm³/mol. The molecule has 3 nitrogen and oxygen atoms in total. The van der Waals surface area contributed by atoms with Crippen molar-refractivity contribution in [3.63, 3.8) is 0 Å². The Hall–Kier alpha value is -0.120. The summed E-state index contributed by atoms with van der Waals surface area (Å²) in [5.74, 6) is 1.26. The van der Waals surface area contributed by atoms with E-state index in [9.17, 15) is 5.11 Å². The van der Waals surface area contributed by atoms with E-state index in [1.54, 1.807) is 0 Å². The van der Waals surface area contributed by atoms with E-state index in [0.717, 1.165) is 18.9 Å². The summed E-state index contributed by atoms with van der Waals surface area (Å²) in [6, 6.07) is 0. The Morgan fingerprint density at radius 1 is 1.00 bits per heavy atom. The molecule has 1 saturated heterocycles. The van der Waals surface area contributed by atoms with Crippen LogP contribution < -0.4 is 0 Å². The first-order valence-electron chi connectivity index (χ1n) is 8.53. The van der Waals surface area contributed by atoms with Gasteiger partial charge in [-0.1, -0.05) is 27.7 Å². The van der Waals surface area contributed by atoms with Crippen molar-refractivity contribution >= 4 is 0 Å². The monoisotopic (exact) mass is 282 g/mol. The van der Waals surface area contributed by atoms with Crippen LogP contribution in [0.5, 0.6) is 0 Å². The molecule has 0 aromatic rings. The minimum absolute atomic E-state index is 0.0715. The van der Waals surface area contributed by atoms with Crippen molar-refractivity contribution in [2.45, 2.75) is 53.1 Å². The summed E-state index contributed by atoms with van der Waals surface area (Å²) in [6.45, 7) is 16.3. The first-order chi connectivity index (χ1) is 9.40. The van der Waals surface area contributed by atoms with Gasteiger partial charge in [-0.15, -0.1) is 0 Å².